The van der Waals surface area contributed by atoms with Gasteiger partial charge in [0.05, 0.1) is 6.61 Å². The molecule has 14 heavy (non-hydrogen) atoms. The zero-order valence-corrected chi connectivity index (χ0v) is 8.86. The van der Waals surface area contributed by atoms with Crippen LogP contribution in [0.2, 0.25) is 0 Å². The zero-order valence-electron chi connectivity index (χ0n) is 8.86. The first-order valence-electron chi connectivity index (χ1n) is 4.92. The van der Waals surface area contributed by atoms with Crippen molar-refractivity contribution in [2.45, 2.75) is 6.04 Å². The normalized spacial score (nSPS) is 24.0. The van der Waals surface area contributed by atoms with Crippen molar-refractivity contribution in [3.8, 4) is 0 Å². The highest BCUT2D eigenvalue weighted by molar-refractivity contribution is 5.82. The summed E-state index contributed by atoms with van der Waals surface area (Å²) in [5.74, 6) is -0.0579. The van der Waals surface area contributed by atoms with Crippen LogP contribution < -0.4 is 5.32 Å². The van der Waals surface area contributed by atoms with Crippen LogP contribution in [0.5, 0.6) is 0 Å². The van der Waals surface area contributed by atoms with Crippen LogP contribution in [0.15, 0.2) is 0 Å². The molecule has 0 radical (unpaired) electrons. The lowest BCUT2D eigenvalue weighted by atomic mass is 10.2. The Labute approximate surface area is 84.7 Å². The van der Waals surface area contributed by atoms with Crippen molar-refractivity contribution in [3.63, 3.8) is 0 Å². The second-order valence-corrected chi connectivity index (χ2v) is 3.83. The van der Waals surface area contributed by atoms with Gasteiger partial charge in [0.25, 0.3) is 0 Å². The Morgan fingerprint density at radius 3 is 2.93 bits per heavy atom. The number of piperazine rings is 1. The number of hydrogen-bond acceptors (Lipinski definition) is 4. The van der Waals surface area contributed by atoms with Crippen molar-refractivity contribution in [2.24, 2.45) is 0 Å². The molecule has 0 aromatic rings. The minimum Gasteiger partial charge on any atom is -0.394 e. The van der Waals surface area contributed by atoms with Crippen molar-refractivity contribution in [1.29, 1.82) is 0 Å². The quantitative estimate of drug-likeness (QED) is 0.572. The third kappa shape index (κ3) is 2.94. The number of amides is 1. The van der Waals surface area contributed by atoms with Gasteiger partial charge in [-0.3, -0.25) is 9.69 Å². The minimum atomic E-state index is -0.358. The zero-order chi connectivity index (χ0) is 10.6. The number of carbonyl (C=O) groups excluding carboxylic acids is 1. The summed E-state index contributed by atoms with van der Waals surface area (Å²) in [5, 5.41) is 11.8. The first-order chi connectivity index (χ1) is 6.65. The van der Waals surface area contributed by atoms with E-state index in [-0.39, 0.29) is 18.6 Å². The monoisotopic (exact) mass is 201 g/mol. The fraction of sp³-hybridized carbons (Fsp3) is 0.889. The summed E-state index contributed by atoms with van der Waals surface area (Å²) in [4.78, 5) is 15.5. The Bertz CT molecular complexity index is 196. The summed E-state index contributed by atoms with van der Waals surface area (Å²) in [5.41, 5.74) is 0. The van der Waals surface area contributed by atoms with Crippen LogP contribution >= 0.6 is 0 Å². The fourth-order valence-corrected chi connectivity index (χ4v) is 1.56. The topological polar surface area (TPSA) is 55.8 Å². The number of aliphatic hydroxyl groups excluding tert-OH is 1. The highest BCUT2D eigenvalue weighted by Crippen LogP contribution is 2.03. The van der Waals surface area contributed by atoms with E-state index in [1.165, 1.54) is 0 Å². The van der Waals surface area contributed by atoms with E-state index in [1.54, 1.807) is 0 Å². The highest BCUT2D eigenvalue weighted by Gasteiger charge is 2.28. The third-order valence-electron chi connectivity index (χ3n) is 2.45. The molecule has 1 aliphatic rings. The molecule has 0 aromatic carbocycles. The molecule has 0 aliphatic carbocycles. The Balaban J connectivity index is 2.44. The summed E-state index contributed by atoms with van der Waals surface area (Å²) in [6, 6.07) is -0.358. The van der Waals surface area contributed by atoms with E-state index in [0.717, 1.165) is 19.6 Å². The van der Waals surface area contributed by atoms with Crippen LogP contribution in [-0.2, 0) is 4.79 Å². The minimum absolute atomic E-state index is 0.0579. The van der Waals surface area contributed by atoms with Gasteiger partial charge in [0.2, 0.25) is 5.91 Å². The van der Waals surface area contributed by atoms with Crippen LogP contribution in [0.3, 0.4) is 0 Å². The predicted molar refractivity (Wildman–Crippen MR) is 54.0 cm³/mol. The van der Waals surface area contributed by atoms with E-state index in [9.17, 15) is 4.79 Å². The van der Waals surface area contributed by atoms with Gasteiger partial charge in [-0.15, -0.1) is 0 Å². The van der Waals surface area contributed by atoms with Crippen molar-refractivity contribution >= 4 is 5.91 Å². The lowest BCUT2D eigenvalue weighted by Gasteiger charge is -2.34. The van der Waals surface area contributed by atoms with E-state index >= 15 is 0 Å². The summed E-state index contributed by atoms with van der Waals surface area (Å²) in [6.07, 6.45) is 0. The van der Waals surface area contributed by atoms with Gasteiger partial charge in [0, 0.05) is 26.2 Å². The van der Waals surface area contributed by atoms with E-state index < -0.39 is 0 Å². The lowest BCUT2D eigenvalue weighted by Crippen LogP contribution is -2.57. The maximum atomic E-state index is 11.4. The SMILES string of the molecule is CN(C)CCN1CCNC(=O)C1CO. The van der Waals surface area contributed by atoms with Gasteiger partial charge in [-0.2, -0.15) is 0 Å². The second kappa shape index (κ2) is 5.29. The van der Waals surface area contributed by atoms with E-state index in [1.807, 2.05) is 19.0 Å². The summed E-state index contributed by atoms with van der Waals surface area (Å²) < 4.78 is 0. The van der Waals surface area contributed by atoms with Crippen LogP contribution in [0.1, 0.15) is 0 Å². The van der Waals surface area contributed by atoms with Crippen LogP contribution in [0, 0.1) is 0 Å². The number of nitrogens with zero attached hydrogens (tertiary/aromatic N) is 2. The molecule has 1 aliphatic heterocycles. The first kappa shape index (κ1) is 11.4. The van der Waals surface area contributed by atoms with Gasteiger partial charge in [-0.25, -0.2) is 0 Å². The van der Waals surface area contributed by atoms with Gasteiger partial charge < -0.3 is 15.3 Å². The van der Waals surface area contributed by atoms with Crippen molar-refractivity contribution in [2.75, 3.05) is 46.9 Å². The number of nitrogens with one attached hydrogen (secondary N) is 1. The molecule has 5 nitrogen and oxygen atoms in total. The van der Waals surface area contributed by atoms with Gasteiger partial charge >= 0.3 is 0 Å². The van der Waals surface area contributed by atoms with Crippen LogP contribution in [-0.4, -0.2) is 73.7 Å². The molecule has 1 amide bonds. The Morgan fingerprint density at radius 2 is 2.36 bits per heavy atom. The number of hydrogen-bond donors (Lipinski definition) is 2. The molecular formula is C9H19N3O2. The highest BCUT2D eigenvalue weighted by atomic mass is 16.3. The van der Waals surface area contributed by atoms with Crippen molar-refractivity contribution in [3.05, 3.63) is 0 Å². The molecule has 1 heterocycles. The summed E-state index contributed by atoms with van der Waals surface area (Å²) in [7, 11) is 4.00. The number of likely N-dealkylation sites (N-methyl/N-ethyl adjacent to an activating group) is 1. The molecule has 1 atom stereocenters. The van der Waals surface area contributed by atoms with Crippen LogP contribution in [0.25, 0.3) is 0 Å². The molecule has 1 rings (SSSR count). The molecule has 82 valence electrons. The molecule has 0 spiro atoms. The summed E-state index contributed by atoms with van der Waals surface area (Å²) >= 11 is 0. The van der Waals surface area contributed by atoms with Crippen molar-refractivity contribution in [1.82, 2.24) is 15.1 Å². The Hall–Kier alpha value is -0.650. The molecule has 0 bridgehead atoms. The molecule has 1 unspecified atom stereocenters. The average molecular weight is 201 g/mol. The molecule has 1 fully saturated rings. The lowest BCUT2D eigenvalue weighted by molar-refractivity contribution is -0.130. The molecule has 0 aromatic heterocycles. The van der Waals surface area contributed by atoms with E-state index in [4.69, 9.17) is 5.11 Å². The molecule has 0 saturated carbocycles. The van der Waals surface area contributed by atoms with E-state index in [0.29, 0.717) is 6.54 Å². The van der Waals surface area contributed by atoms with Crippen molar-refractivity contribution < 1.29 is 9.90 Å². The summed E-state index contributed by atoms with van der Waals surface area (Å²) in [6.45, 7) is 3.14. The molecular weight excluding hydrogens is 182 g/mol. The molecule has 5 heteroatoms. The Kier molecular flexibility index (Phi) is 4.31. The van der Waals surface area contributed by atoms with Gasteiger partial charge in [-0.05, 0) is 14.1 Å². The molecule has 2 N–H and O–H groups in total. The van der Waals surface area contributed by atoms with Gasteiger partial charge in [0.1, 0.15) is 6.04 Å². The standard InChI is InChI=1S/C9H19N3O2/c1-11(2)5-6-12-4-3-10-9(14)8(12)7-13/h8,13H,3-7H2,1-2H3,(H,10,14). The fourth-order valence-electron chi connectivity index (χ4n) is 1.56. The number of aliphatic hydroxyl groups is 1. The van der Waals surface area contributed by atoms with Crippen LogP contribution in [0.4, 0.5) is 0 Å². The smallest absolute Gasteiger partial charge is 0.239 e. The predicted octanol–water partition coefficient (Wildman–Crippen LogP) is -1.66. The average Bonchev–Trinajstić information content (AvgIpc) is 2.14. The maximum absolute atomic E-state index is 11.4. The second-order valence-electron chi connectivity index (χ2n) is 3.83. The van der Waals surface area contributed by atoms with Gasteiger partial charge in [-0.1, -0.05) is 0 Å². The third-order valence-corrected chi connectivity index (χ3v) is 2.45. The number of rotatable bonds is 4. The van der Waals surface area contributed by atoms with Gasteiger partial charge in [0.15, 0.2) is 0 Å². The number of carbonyl (C=O) groups is 1. The Morgan fingerprint density at radius 1 is 1.64 bits per heavy atom. The maximum Gasteiger partial charge on any atom is 0.239 e. The first-order valence-corrected chi connectivity index (χ1v) is 4.92. The molecule has 1 saturated heterocycles. The van der Waals surface area contributed by atoms with E-state index in [2.05, 4.69) is 10.2 Å². The largest absolute Gasteiger partial charge is 0.394 e.